The molecule has 0 spiro atoms. The van der Waals surface area contributed by atoms with Gasteiger partial charge in [-0.15, -0.1) is 0 Å². The minimum absolute atomic E-state index is 0.0723. The monoisotopic (exact) mass is 366 g/mol. The number of alkyl halides is 1. The Hall–Kier alpha value is -0.690. The lowest BCUT2D eigenvalue weighted by molar-refractivity contribution is -0.385. The number of nitrogens with zero attached hydrogens (tertiary/aromatic N) is 2. The van der Waals surface area contributed by atoms with Crippen LogP contribution in [0.1, 0.15) is 19.3 Å². The van der Waals surface area contributed by atoms with Gasteiger partial charge >= 0.3 is 0 Å². The molecule has 0 aliphatic carbocycles. The van der Waals surface area contributed by atoms with Gasteiger partial charge in [-0.05, 0) is 28.8 Å². The largest absolute Gasteiger partial charge is 0.308 e. The lowest BCUT2D eigenvalue weighted by atomic mass is 10.2. The lowest BCUT2D eigenvalue weighted by Gasteiger charge is -2.05. The molecule has 0 atom stereocenters. The topological polar surface area (TPSA) is 65.1 Å². The standard InChI is InChI=1S/C10H12Br2N2O3/c11-4-2-1-3-5-13-7-8(14(16)17)6-9(12)10(13)15/h6-7H,1-5H2. The van der Waals surface area contributed by atoms with E-state index >= 15 is 0 Å². The van der Waals surface area contributed by atoms with Crippen molar-refractivity contribution in [3.8, 4) is 0 Å². The smallest absolute Gasteiger partial charge is 0.286 e. The Morgan fingerprint density at radius 1 is 1.35 bits per heavy atom. The number of aromatic nitrogens is 1. The summed E-state index contributed by atoms with van der Waals surface area (Å²) in [4.78, 5) is 21.8. The molecule has 0 bridgehead atoms. The van der Waals surface area contributed by atoms with Gasteiger partial charge < -0.3 is 4.57 Å². The zero-order valence-corrected chi connectivity index (χ0v) is 12.2. The number of pyridine rings is 1. The van der Waals surface area contributed by atoms with Gasteiger partial charge in [-0.25, -0.2) is 0 Å². The molecule has 1 aromatic rings. The zero-order valence-electron chi connectivity index (χ0n) is 9.07. The third kappa shape index (κ3) is 4.23. The van der Waals surface area contributed by atoms with Crippen molar-refractivity contribution >= 4 is 37.5 Å². The Morgan fingerprint density at radius 2 is 2.06 bits per heavy atom. The van der Waals surface area contributed by atoms with Crippen LogP contribution in [0.5, 0.6) is 0 Å². The van der Waals surface area contributed by atoms with Gasteiger partial charge in [-0.1, -0.05) is 22.4 Å². The van der Waals surface area contributed by atoms with E-state index in [1.807, 2.05) is 0 Å². The highest BCUT2D eigenvalue weighted by Crippen LogP contribution is 2.14. The molecule has 0 amide bonds. The second-order valence-electron chi connectivity index (χ2n) is 3.55. The number of unbranched alkanes of at least 4 members (excludes halogenated alkanes) is 2. The van der Waals surface area contributed by atoms with E-state index in [1.54, 1.807) is 0 Å². The fourth-order valence-corrected chi connectivity index (χ4v) is 2.26. The van der Waals surface area contributed by atoms with Gasteiger partial charge in [-0.2, -0.15) is 0 Å². The summed E-state index contributed by atoms with van der Waals surface area (Å²) in [5.74, 6) is 0. The zero-order chi connectivity index (χ0) is 12.8. The predicted octanol–water partition coefficient (Wildman–Crippen LogP) is 3.08. The normalized spacial score (nSPS) is 10.5. The second kappa shape index (κ2) is 6.90. The van der Waals surface area contributed by atoms with E-state index in [1.165, 1.54) is 16.8 Å². The Bertz CT molecular complexity index is 459. The molecule has 0 N–H and O–H groups in total. The van der Waals surface area contributed by atoms with Crippen molar-refractivity contribution in [3.63, 3.8) is 0 Å². The molecule has 17 heavy (non-hydrogen) atoms. The Kier molecular flexibility index (Phi) is 5.84. The molecule has 5 nitrogen and oxygen atoms in total. The summed E-state index contributed by atoms with van der Waals surface area (Å²) in [6, 6.07) is 1.23. The van der Waals surface area contributed by atoms with Gasteiger partial charge in [0.1, 0.15) is 0 Å². The average molecular weight is 368 g/mol. The van der Waals surface area contributed by atoms with E-state index in [-0.39, 0.29) is 15.7 Å². The van der Waals surface area contributed by atoms with Crippen LogP contribution in [0.25, 0.3) is 0 Å². The van der Waals surface area contributed by atoms with E-state index in [9.17, 15) is 14.9 Å². The van der Waals surface area contributed by atoms with Crippen molar-refractivity contribution < 1.29 is 4.92 Å². The first kappa shape index (κ1) is 14.4. The maximum Gasteiger partial charge on any atom is 0.286 e. The molecule has 1 aromatic heterocycles. The molecule has 1 rings (SSSR count). The van der Waals surface area contributed by atoms with E-state index in [0.29, 0.717) is 6.54 Å². The number of nitro groups is 1. The highest BCUT2D eigenvalue weighted by Gasteiger charge is 2.11. The molecular weight excluding hydrogens is 356 g/mol. The van der Waals surface area contributed by atoms with Gasteiger partial charge in [0.2, 0.25) is 0 Å². The first-order valence-corrected chi connectivity index (χ1v) is 7.08. The molecule has 0 radical (unpaired) electrons. The van der Waals surface area contributed by atoms with Gasteiger partial charge in [0, 0.05) is 17.9 Å². The Labute approximate surface area is 115 Å². The van der Waals surface area contributed by atoms with Crippen molar-refractivity contribution in [1.29, 1.82) is 0 Å². The first-order chi connectivity index (χ1) is 8.06. The SMILES string of the molecule is O=c1c(Br)cc([N+](=O)[O-])cn1CCCCCBr. The summed E-state index contributed by atoms with van der Waals surface area (Å²) in [7, 11) is 0. The molecule has 1 heterocycles. The number of hydrogen-bond acceptors (Lipinski definition) is 3. The first-order valence-electron chi connectivity index (χ1n) is 5.16. The molecular formula is C10H12Br2N2O3. The van der Waals surface area contributed by atoms with E-state index in [0.717, 1.165) is 24.6 Å². The number of halogens is 2. The number of hydrogen-bond donors (Lipinski definition) is 0. The quantitative estimate of drug-likeness (QED) is 0.336. The van der Waals surface area contributed by atoms with E-state index < -0.39 is 4.92 Å². The molecule has 0 unspecified atom stereocenters. The van der Waals surface area contributed by atoms with Crippen molar-refractivity contribution in [2.75, 3.05) is 5.33 Å². The van der Waals surface area contributed by atoms with Crippen molar-refractivity contribution in [2.45, 2.75) is 25.8 Å². The summed E-state index contributed by atoms with van der Waals surface area (Å²) < 4.78 is 1.61. The fourth-order valence-electron chi connectivity index (χ4n) is 1.40. The van der Waals surface area contributed by atoms with Crippen LogP contribution in [0.3, 0.4) is 0 Å². The van der Waals surface area contributed by atoms with Crippen LogP contribution < -0.4 is 5.56 Å². The minimum atomic E-state index is -0.501. The maximum absolute atomic E-state index is 11.7. The molecule has 0 saturated heterocycles. The van der Waals surface area contributed by atoms with Crippen LogP contribution in [0, 0.1) is 10.1 Å². The molecule has 0 saturated carbocycles. The molecule has 94 valence electrons. The lowest BCUT2D eigenvalue weighted by Crippen LogP contribution is -2.20. The van der Waals surface area contributed by atoms with Crippen molar-refractivity contribution in [1.82, 2.24) is 4.57 Å². The summed E-state index contributed by atoms with van der Waals surface area (Å²) in [6.45, 7) is 0.506. The van der Waals surface area contributed by atoms with Gasteiger partial charge in [0.05, 0.1) is 15.6 Å². The fraction of sp³-hybridized carbons (Fsp3) is 0.500. The average Bonchev–Trinajstić information content (AvgIpc) is 2.29. The van der Waals surface area contributed by atoms with E-state index in [4.69, 9.17) is 0 Å². The second-order valence-corrected chi connectivity index (χ2v) is 5.20. The van der Waals surface area contributed by atoms with Crippen LogP contribution in [-0.2, 0) is 6.54 Å². The van der Waals surface area contributed by atoms with Crippen LogP contribution in [-0.4, -0.2) is 14.8 Å². The number of rotatable bonds is 6. The van der Waals surface area contributed by atoms with Gasteiger partial charge in [0.25, 0.3) is 11.2 Å². The molecule has 0 aliphatic heterocycles. The van der Waals surface area contributed by atoms with Crippen LogP contribution in [0.15, 0.2) is 21.5 Å². The highest BCUT2D eigenvalue weighted by molar-refractivity contribution is 9.10. The van der Waals surface area contributed by atoms with Crippen molar-refractivity contribution in [2.24, 2.45) is 0 Å². The summed E-state index contributed by atoms with van der Waals surface area (Å²) in [5, 5.41) is 11.6. The molecule has 0 aromatic carbocycles. The van der Waals surface area contributed by atoms with E-state index in [2.05, 4.69) is 31.9 Å². The van der Waals surface area contributed by atoms with Crippen molar-refractivity contribution in [3.05, 3.63) is 37.2 Å². The highest BCUT2D eigenvalue weighted by atomic mass is 79.9. The van der Waals surface area contributed by atoms with Crippen LogP contribution in [0.2, 0.25) is 0 Å². The van der Waals surface area contributed by atoms with Crippen LogP contribution >= 0.6 is 31.9 Å². The summed E-state index contributed by atoms with van der Waals surface area (Å²) >= 11 is 6.37. The molecule has 0 aliphatic rings. The summed E-state index contributed by atoms with van der Waals surface area (Å²) in [6.07, 6.45) is 4.14. The number of aryl methyl sites for hydroxylation is 1. The van der Waals surface area contributed by atoms with Gasteiger partial charge in [0.15, 0.2) is 0 Å². The third-order valence-electron chi connectivity index (χ3n) is 2.27. The Morgan fingerprint density at radius 3 is 2.65 bits per heavy atom. The predicted molar refractivity (Wildman–Crippen MR) is 72.7 cm³/mol. The van der Waals surface area contributed by atoms with Gasteiger partial charge in [-0.3, -0.25) is 14.9 Å². The maximum atomic E-state index is 11.7. The molecule has 0 fully saturated rings. The molecule has 7 heteroatoms. The summed E-state index contributed by atoms with van der Waals surface area (Å²) in [5.41, 5.74) is -0.300. The Balaban J connectivity index is 2.83. The van der Waals surface area contributed by atoms with Crippen LogP contribution in [0.4, 0.5) is 5.69 Å². The minimum Gasteiger partial charge on any atom is -0.308 e. The third-order valence-corrected chi connectivity index (χ3v) is 3.40.